The van der Waals surface area contributed by atoms with Gasteiger partial charge in [0.2, 0.25) is 0 Å². The molecule has 3 rings (SSSR count). The Labute approximate surface area is 133 Å². The van der Waals surface area contributed by atoms with Gasteiger partial charge in [0.25, 0.3) is 0 Å². The first kappa shape index (κ1) is 13.9. The van der Waals surface area contributed by atoms with Crippen molar-refractivity contribution in [2.45, 2.75) is 17.6 Å². The van der Waals surface area contributed by atoms with E-state index in [1.54, 1.807) is 23.1 Å². The van der Waals surface area contributed by atoms with Gasteiger partial charge in [-0.05, 0) is 37.3 Å². The van der Waals surface area contributed by atoms with Crippen molar-refractivity contribution in [2.24, 2.45) is 0 Å². The minimum atomic E-state index is 0.575. The van der Waals surface area contributed by atoms with E-state index in [2.05, 4.69) is 45.0 Å². The second kappa shape index (κ2) is 5.71. The van der Waals surface area contributed by atoms with Crippen molar-refractivity contribution in [3.8, 4) is 0 Å². The summed E-state index contributed by atoms with van der Waals surface area (Å²) in [5.41, 5.74) is 6.00. The molecule has 0 saturated carbocycles. The minimum Gasteiger partial charge on any atom is -0.383 e. The number of rotatable bonds is 3. The number of fused-ring (bicyclic) bond motifs is 1. The van der Waals surface area contributed by atoms with Gasteiger partial charge < -0.3 is 5.73 Å². The summed E-state index contributed by atoms with van der Waals surface area (Å²) < 4.78 is 1.08. The summed E-state index contributed by atoms with van der Waals surface area (Å²) in [4.78, 5) is 12.4. The molecule has 6 heteroatoms. The fourth-order valence-corrected chi connectivity index (χ4v) is 3.78. The van der Waals surface area contributed by atoms with E-state index >= 15 is 0 Å². The van der Waals surface area contributed by atoms with Crippen LogP contribution in [0.3, 0.4) is 0 Å². The topological polar surface area (TPSA) is 51.8 Å². The SMILES string of the molecule is Cc1cc2c(N)nc(CSc3ccc(Br)cc3)nc2s1. The first-order valence-corrected chi connectivity index (χ1v) is 8.62. The summed E-state index contributed by atoms with van der Waals surface area (Å²) in [5.74, 6) is 2.08. The number of anilines is 1. The maximum Gasteiger partial charge on any atom is 0.142 e. The van der Waals surface area contributed by atoms with Crippen molar-refractivity contribution in [3.05, 3.63) is 45.5 Å². The van der Waals surface area contributed by atoms with Crippen LogP contribution in [0.25, 0.3) is 10.2 Å². The first-order chi connectivity index (χ1) is 9.61. The van der Waals surface area contributed by atoms with Crippen molar-refractivity contribution in [2.75, 3.05) is 5.73 Å². The zero-order chi connectivity index (χ0) is 14.1. The fraction of sp³-hybridized carbons (Fsp3) is 0.143. The number of thiophene rings is 1. The number of nitrogens with two attached hydrogens (primary N) is 1. The van der Waals surface area contributed by atoms with Crippen molar-refractivity contribution >= 4 is 55.1 Å². The lowest BCUT2D eigenvalue weighted by Gasteiger charge is -2.03. The molecule has 20 heavy (non-hydrogen) atoms. The molecule has 0 aliphatic heterocycles. The number of halogens is 1. The Morgan fingerprint density at radius 3 is 2.75 bits per heavy atom. The summed E-state index contributed by atoms with van der Waals surface area (Å²) in [6.07, 6.45) is 0. The van der Waals surface area contributed by atoms with E-state index in [4.69, 9.17) is 5.73 Å². The quantitative estimate of drug-likeness (QED) is 0.687. The van der Waals surface area contributed by atoms with Crippen LogP contribution in [-0.4, -0.2) is 9.97 Å². The summed E-state index contributed by atoms with van der Waals surface area (Å²) in [6, 6.07) is 10.3. The molecule has 2 N–H and O–H groups in total. The highest BCUT2D eigenvalue weighted by atomic mass is 79.9. The third kappa shape index (κ3) is 2.97. The number of nitrogens with zero attached hydrogens (tertiary/aromatic N) is 2. The maximum atomic E-state index is 6.00. The number of aromatic nitrogens is 2. The molecular weight excluding hydrogens is 354 g/mol. The van der Waals surface area contributed by atoms with Crippen LogP contribution in [0.5, 0.6) is 0 Å². The number of hydrogen-bond acceptors (Lipinski definition) is 5. The summed E-state index contributed by atoms with van der Waals surface area (Å²) in [6.45, 7) is 2.06. The van der Waals surface area contributed by atoms with Gasteiger partial charge in [-0.25, -0.2) is 9.97 Å². The number of thioether (sulfide) groups is 1. The lowest BCUT2D eigenvalue weighted by molar-refractivity contribution is 1.08. The first-order valence-electron chi connectivity index (χ1n) is 6.03. The molecule has 3 aromatic rings. The lowest BCUT2D eigenvalue weighted by Crippen LogP contribution is -1.98. The molecule has 2 heterocycles. The third-order valence-corrected chi connectivity index (χ3v) is 5.25. The Kier molecular flexibility index (Phi) is 3.96. The van der Waals surface area contributed by atoms with E-state index in [1.807, 2.05) is 18.2 Å². The van der Waals surface area contributed by atoms with E-state index in [9.17, 15) is 0 Å². The summed E-state index contributed by atoms with van der Waals surface area (Å²) in [7, 11) is 0. The Morgan fingerprint density at radius 2 is 2.00 bits per heavy atom. The number of nitrogen functional groups attached to an aromatic ring is 1. The molecule has 0 bridgehead atoms. The largest absolute Gasteiger partial charge is 0.383 e. The molecule has 0 saturated heterocycles. The van der Waals surface area contributed by atoms with E-state index in [0.717, 1.165) is 26.3 Å². The highest BCUT2D eigenvalue weighted by Gasteiger charge is 2.08. The third-order valence-electron chi connectivity index (χ3n) is 2.77. The molecule has 1 aromatic carbocycles. The lowest BCUT2D eigenvalue weighted by atomic mass is 10.3. The van der Waals surface area contributed by atoms with Crippen LogP contribution in [0.2, 0.25) is 0 Å². The molecule has 0 amide bonds. The number of hydrogen-bond donors (Lipinski definition) is 1. The predicted octanol–water partition coefficient (Wildman–Crippen LogP) is 4.64. The number of benzene rings is 1. The van der Waals surface area contributed by atoms with Gasteiger partial charge in [0.1, 0.15) is 16.5 Å². The second-order valence-electron chi connectivity index (χ2n) is 4.34. The highest BCUT2D eigenvalue weighted by molar-refractivity contribution is 9.10. The molecule has 0 unspecified atom stereocenters. The van der Waals surface area contributed by atoms with Gasteiger partial charge in [-0.15, -0.1) is 23.1 Å². The number of aryl methyl sites for hydroxylation is 1. The van der Waals surface area contributed by atoms with Crippen molar-refractivity contribution in [1.29, 1.82) is 0 Å². The van der Waals surface area contributed by atoms with Crippen LogP contribution in [-0.2, 0) is 5.75 Å². The van der Waals surface area contributed by atoms with Gasteiger partial charge in [-0.1, -0.05) is 15.9 Å². The van der Waals surface area contributed by atoms with Gasteiger partial charge in [-0.2, -0.15) is 0 Å². The Morgan fingerprint density at radius 1 is 1.25 bits per heavy atom. The van der Waals surface area contributed by atoms with Gasteiger partial charge in [0.05, 0.1) is 11.1 Å². The van der Waals surface area contributed by atoms with Crippen LogP contribution in [0, 0.1) is 6.92 Å². The van der Waals surface area contributed by atoms with E-state index in [-0.39, 0.29) is 0 Å². The van der Waals surface area contributed by atoms with Crippen LogP contribution >= 0.6 is 39.0 Å². The van der Waals surface area contributed by atoms with Gasteiger partial charge in [-0.3, -0.25) is 0 Å². The molecule has 0 spiro atoms. The normalized spacial score (nSPS) is 11.1. The van der Waals surface area contributed by atoms with Gasteiger partial charge in [0, 0.05) is 14.2 Å². The monoisotopic (exact) mass is 365 g/mol. The average Bonchev–Trinajstić information content (AvgIpc) is 2.79. The predicted molar refractivity (Wildman–Crippen MR) is 90.3 cm³/mol. The molecule has 102 valence electrons. The maximum absolute atomic E-state index is 6.00. The molecule has 0 radical (unpaired) electrons. The van der Waals surface area contributed by atoms with Crippen molar-refractivity contribution in [3.63, 3.8) is 0 Å². The second-order valence-corrected chi connectivity index (χ2v) is 7.54. The molecule has 0 atom stereocenters. The Hall–Kier alpha value is -1.11. The molecular formula is C14H12BrN3S2. The Balaban J connectivity index is 1.82. The highest BCUT2D eigenvalue weighted by Crippen LogP contribution is 2.29. The smallest absolute Gasteiger partial charge is 0.142 e. The molecule has 0 fully saturated rings. The van der Waals surface area contributed by atoms with Gasteiger partial charge >= 0.3 is 0 Å². The van der Waals surface area contributed by atoms with Crippen LogP contribution < -0.4 is 5.73 Å². The molecule has 2 aromatic heterocycles. The van der Waals surface area contributed by atoms with Crippen LogP contribution in [0.4, 0.5) is 5.82 Å². The molecule has 0 aliphatic rings. The van der Waals surface area contributed by atoms with E-state index in [1.165, 1.54) is 9.77 Å². The van der Waals surface area contributed by atoms with Crippen molar-refractivity contribution in [1.82, 2.24) is 9.97 Å². The standard InChI is InChI=1S/C14H12BrN3S2/c1-8-6-11-13(16)17-12(18-14(11)20-8)7-19-10-4-2-9(15)3-5-10/h2-6H,7H2,1H3,(H2,16,17,18). The minimum absolute atomic E-state index is 0.575. The molecule has 3 nitrogen and oxygen atoms in total. The van der Waals surface area contributed by atoms with Crippen LogP contribution in [0.1, 0.15) is 10.7 Å². The van der Waals surface area contributed by atoms with E-state index < -0.39 is 0 Å². The fourth-order valence-electron chi connectivity index (χ4n) is 1.85. The Bertz CT molecular complexity index is 753. The average molecular weight is 366 g/mol. The van der Waals surface area contributed by atoms with E-state index in [0.29, 0.717) is 5.82 Å². The molecule has 0 aliphatic carbocycles. The zero-order valence-electron chi connectivity index (χ0n) is 10.8. The summed E-state index contributed by atoms with van der Waals surface area (Å²) >= 11 is 6.80. The van der Waals surface area contributed by atoms with Crippen molar-refractivity contribution < 1.29 is 0 Å². The summed E-state index contributed by atoms with van der Waals surface area (Å²) in [5, 5.41) is 0.963. The zero-order valence-corrected chi connectivity index (χ0v) is 14.0. The van der Waals surface area contributed by atoms with Crippen LogP contribution in [0.15, 0.2) is 39.7 Å². The van der Waals surface area contributed by atoms with Gasteiger partial charge in [0.15, 0.2) is 0 Å².